The number of carbonyl (C=O) groups excluding carboxylic acids is 1. The van der Waals surface area contributed by atoms with Crippen molar-refractivity contribution in [3.8, 4) is 11.8 Å². The maximum Gasteiger partial charge on any atom is 0.161 e. The summed E-state index contributed by atoms with van der Waals surface area (Å²) in [5.41, 5.74) is 1.20. The molecule has 0 saturated heterocycles. The van der Waals surface area contributed by atoms with Crippen LogP contribution in [0.15, 0.2) is 18.3 Å². The van der Waals surface area contributed by atoms with Crippen molar-refractivity contribution < 1.29 is 9.90 Å². The van der Waals surface area contributed by atoms with E-state index >= 15 is 0 Å². The second-order valence-corrected chi connectivity index (χ2v) is 2.76. The van der Waals surface area contributed by atoms with Gasteiger partial charge in [0.15, 0.2) is 5.78 Å². The minimum atomic E-state index is -0.00707. The number of hydrogen-bond donors (Lipinski definition) is 1. The largest absolute Gasteiger partial charge is 0.395 e. The third-order valence-corrected chi connectivity index (χ3v) is 1.62. The molecule has 1 rings (SSSR count). The predicted octanol–water partition coefficient (Wildman–Crippen LogP) is 1.02. The Bertz CT molecular complexity index is 371. The highest BCUT2D eigenvalue weighted by atomic mass is 16.2. The summed E-state index contributed by atoms with van der Waals surface area (Å²) in [6.45, 7) is 1.55. The zero-order chi connectivity index (χ0) is 10.4. The summed E-state index contributed by atoms with van der Waals surface area (Å²) in [5, 5.41) is 8.49. The number of pyridine rings is 1. The van der Waals surface area contributed by atoms with E-state index in [9.17, 15) is 4.79 Å². The van der Waals surface area contributed by atoms with Gasteiger partial charge in [-0.2, -0.15) is 0 Å². The van der Waals surface area contributed by atoms with Crippen LogP contribution in [0.1, 0.15) is 29.4 Å². The van der Waals surface area contributed by atoms with Gasteiger partial charge in [0, 0.05) is 18.2 Å². The molecule has 0 atom stereocenters. The molecule has 3 heteroatoms. The van der Waals surface area contributed by atoms with Gasteiger partial charge < -0.3 is 5.11 Å². The number of aliphatic hydroxyl groups excluding tert-OH is 1. The molecule has 0 saturated carbocycles. The fourth-order valence-electron chi connectivity index (χ4n) is 0.885. The molecule has 1 aromatic rings. The highest BCUT2D eigenvalue weighted by Crippen LogP contribution is 1.99. The van der Waals surface area contributed by atoms with Crippen LogP contribution in [0.2, 0.25) is 0 Å². The summed E-state index contributed by atoms with van der Waals surface area (Å²) in [6, 6.07) is 3.39. The van der Waals surface area contributed by atoms with E-state index in [1.165, 1.54) is 13.1 Å². The lowest BCUT2D eigenvalue weighted by atomic mass is 10.2. The predicted molar refractivity (Wildman–Crippen MR) is 52.8 cm³/mol. The van der Waals surface area contributed by atoms with Gasteiger partial charge in [0.25, 0.3) is 0 Å². The monoisotopic (exact) mass is 189 g/mol. The van der Waals surface area contributed by atoms with E-state index in [0.29, 0.717) is 17.7 Å². The Morgan fingerprint density at radius 3 is 2.86 bits per heavy atom. The van der Waals surface area contributed by atoms with Crippen LogP contribution >= 0.6 is 0 Å². The van der Waals surface area contributed by atoms with Crippen LogP contribution in [0, 0.1) is 11.8 Å². The van der Waals surface area contributed by atoms with Gasteiger partial charge in [-0.05, 0) is 25.0 Å². The summed E-state index contributed by atoms with van der Waals surface area (Å²) < 4.78 is 0. The van der Waals surface area contributed by atoms with E-state index < -0.39 is 0 Å². The number of hydrogen-bond acceptors (Lipinski definition) is 3. The van der Waals surface area contributed by atoms with Crippen LogP contribution in [0.25, 0.3) is 0 Å². The number of rotatable bonds is 2. The van der Waals surface area contributed by atoms with Gasteiger partial charge in [-0.15, -0.1) is 0 Å². The molecular formula is C11H11NO2. The van der Waals surface area contributed by atoms with Crippen molar-refractivity contribution in [2.24, 2.45) is 0 Å². The van der Waals surface area contributed by atoms with Gasteiger partial charge >= 0.3 is 0 Å². The topological polar surface area (TPSA) is 50.2 Å². The van der Waals surface area contributed by atoms with Crippen LogP contribution in [0.3, 0.4) is 0 Å². The first-order valence-corrected chi connectivity index (χ1v) is 4.31. The SMILES string of the molecule is CC(=O)c1ccc(C#CCCO)nc1. The molecule has 0 aliphatic heterocycles. The molecule has 0 aromatic carbocycles. The first-order valence-electron chi connectivity index (χ1n) is 4.31. The number of nitrogens with zero attached hydrogens (tertiary/aromatic N) is 1. The quantitative estimate of drug-likeness (QED) is 0.558. The van der Waals surface area contributed by atoms with Crippen LogP contribution in [-0.2, 0) is 0 Å². The highest BCUT2D eigenvalue weighted by molar-refractivity contribution is 5.93. The number of ketones is 1. The lowest BCUT2D eigenvalue weighted by molar-refractivity contribution is 0.101. The maximum atomic E-state index is 10.9. The molecule has 0 aliphatic carbocycles. The van der Waals surface area contributed by atoms with Crippen LogP contribution < -0.4 is 0 Å². The number of aromatic nitrogens is 1. The third kappa shape index (κ3) is 3.00. The van der Waals surface area contributed by atoms with E-state index in [1.807, 2.05) is 0 Å². The summed E-state index contributed by atoms with van der Waals surface area (Å²) in [5.74, 6) is 5.52. The fraction of sp³-hybridized carbons (Fsp3) is 0.273. The second-order valence-electron chi connectivity index (χ2n) is 2.76. The van der Waals surface area contributed by atoms with E-state index in [-0.39, 0.29) is 12.4 Å². The zero-order valence-corrected chi connectivity index (χ0v) is 7.95. The zero-order valence-electron chi connectivity index (χ0n) is 7.95. The van der Waals surface area contributed by atoms with E-state index in [0.717, 1.165) is 0 Å². The highest BCUT2D eigenvalue weighted by Gasteiger charge is 1.97. The van der Waals surface area contributed by atoms with Crippen LogP contribution in [0.4, 0.5) is 0 Å². The molecule has 0 spiro atoms. The lowest BCUT2D eigenvalue weighted by Gasteiger charge is -1.93. The Balaban J connectivity index is 2.75. The van der Waals surface area contributed by atoms with Gasteiger partial charge in [-0.25, -0.2) is 4.98 Å². The second kappa shape index (κ2) is 5.15. The number of aliphatic hydroxyl groups is 1. The van der Waals surface area contributed by atoms with Gasteiger partial charge in [0.1, 0.15) is 5.69 Å². The van der Waals surface area contributed by atoms with Crippen molar-refractivity contribution in [2.75, 3.05) is 6.61 Å². The molecular weight excluding hydrogens is 178 g/mol. The lowest BCUT2D eigenvalue weighted by Crippen LogP contribution is -1.93. The maximum absolute atomic E-state index is 10.9. The van der Waals surface area contributed by atoms with Crippen molar-refractivity contribution in [2.45, 2.75) is 13.3 Å². The Morgan fingerprint density at radius 1 is 1.57 bits per heavy atom. The van der Waals surface area contributed by atoms with Gasteiger partial charge in [0.05, 0.1) is 6.61 Å². The molecule has 0 amide bonds. The normalized spacial score (nSPS) is 9.00. The molecule has 3 nitrogen and oxygen atoms in total. The Morgan fingerprint density at radius 2 is 2.36 bits per heavy atom. The summed E-state index contributed by atoms with van der Waals surface area (Å²) in [7, 11) is 0. The molecule has 0 aliphatic rings. The Kier molecular flexibility index (Phi) is 3.84. The van der Waals surface area contributed by atoms with E-state index in [1.54, 1.807) is 12.1 Å². The first kappa shape index (κ1) is 10.4. The number of Topliss-reactive ketones (excluding diaryl/α,β-unsaturated/α-hetero) is 1. The molecule has 14 heavy (non-hydrogen) atoms. The summed E-state index contributed by atoms with van der Waals surface area (Å²) >= 11 is 0. The summed E-state index contributed by atoms with van der Waals surface area (Å²) in [4.78, 5) is 14.9. The average Bonchev–Trinajstić information content (AvgIpc) is 2.19. The molecule has 0 bridgehead atoms. The van der Waals surface area contributed by atoms with E-state index in [4.69, 9.17) is 5.11 Å². The van der Waals surface area contributed by atoms with Crippen LogP contribution in [0.5, 0.6) is 0 Å². The number of carbonyl (C=O) groups is 1. The van der Waals surface area contributed by atoms with Crippen LogP contribution in [-0.4, -0.2) is 22.5 Å². The molecule has 0 fully saturated rings. The molecule has 1 N–H and O–H groups in total. The van der Waals surface area contributed by atoms with Crippen molar-refractivity contribution in [1.82, 2.24) is 4.98 Å². The van der Waals surface area contributed by atoms with Crippen molar-refractivity contribution in [1.29, 1.82) is 0 Å². The molecule has 72 valence electrons. The fourth-order valence-corrected chi connectivity index (χ4v) is 0.885. The van der Waals surface area contributed by atoms with Crippen molar-refractivity contribution in [3.05, 3.63) is 29.6 Å². The minimum Gasteiger partial charge on any atom is -0.395 e. The summed E-state index contributed by atoms with van der Waals surface area (Å²) in [6.07, 6.45) is 1.95. The molecule has 1 heterocycles. The van der Waals surface area contributed by atoms with Crippen molar-refractivity contribution in [3.63, 3.8) is 0 Å². The van der Waals surface area contributed by atoms with Gasteiger partial charge in [-0.3, -0.25) is 4.79 Å². The van der Waals surface area contributed by atoms with E-state index in [2.05, 4.69) is 16.8 Å². The van der Waals surface area contributed by atoms with Gasteiger partial charge in [-0.1, -0.05) is 5.92 Å². The van der Waals surface area contributed by atoms with Gasteiger partial charge in [0.2, 0.25) is 0 Å². The Labute approximate surface area is 82.8 Å². The first-order chi connectivity index (χ1) is 6.74. The van der Waals surface area contributed by atoms with Crippen molar-refractivity contribution >= 4 is 5.78 Å². The average molecular weight is 189 g/mol. The third-order valence-electron chi connectivity index (χ3n) is 1.62. The minimum absolute atomic E-state index is 0.00707. The molecule has 0 unspecified atom stereocenters. The molecule has 1 aromatic heterocycles. The molecule has 0 radical (unpaired) electrons. The Hall–Kier alpha value is -1.66. The smallest absolute Gasteiger partial charge is 0.161 e. The standard InChI is InChI=1S/C11H11NO2/c1-9(14)10-5-6-11(12-8-10)4-2-3-7-13/h5-6,8,13H,3,7H2,1H3.